The third-order valence-corrected chi connectivity index (χ3v) is 1.16. The fourth-order valence-electron chi connectivity index (χ4n) is 0.149. The molecule has 9 heteroatoms. The second-order valence-corrected chi connectivity index (χ2v) is 5.11. The van der Waals surface area contributed by atoms with Crippen LogP contribution < -0.4 is 5.14 Å². The maximum Gasteiger partial charge on any atom is 0.333 e. The molecular formula is C2H4Cl3LiNO3S. The van der Waals surface area contributed by atoms with Gasteiger partial charge >= 0.3 is 10.3 Å². The van der Waals surface area contributed by atoms with Crippen LogP contribution in [0.25, 0.3) is 0 Å². The molecule has 11 heavy (non-hydrogen) atoms. The van der Waals surface area contributed by atoms with Crippen molar-refractivity contribution in [3.63, 3.8) is 0 Å². The van der Waals surface area contributed by atoms with Gasteiger partial charge in [-0.25, -0.2) is 5.14 Å². The monoisotopic (exact) mass is 234 g/mol. The summed E-state index contributed by atoms with van der Waals surface area (Å²) in [5.41, 5.74) is 0. The molecule has 1 radical (unpaired) electrons. The fraction of sp³-hybridized carbons (Fsp3) is 1.00. The Kier molecular flexibility index (Phi) is 6.95. The second-order valence-electron chi connectivity index (χ2n) is 1.37. The zero-order valence-electron chi connectivity index (χ0n) is 5.55. The third kappa shape index (κ3) is 14.2. The van der Waals surface area contributed by atoms with Crippen molar-refractivity contribution in [2.45, 2.75) is 3.79 Å². The van der Waals surface area contributed by atoms with Crippen LogP contribution in [0.3, 0.4) is 0 Å². The normalized spacial score (nSPS) is 12.4. The van der Waals surface area contributed by atoms with Crippen molar-refractivity contribution >= 4 is 64.0 Å². The van der Waals surface area contributed by atoms with Crippen molar-refractivity contribution in [3.05, 3.63) is 0 Å². The van der Waals surface area contributed by atoms with Crippen molar-refractivity contribution in [1.82, 2.24) is 0 Å². The van der Waals surface area contributed by atoms with Crippen molar-refractivity contribution in [1.29, 1.82) is 0 Å². The summed E-state index contributed by atoms with van der Waals surface area (Å²) in [4.78, 5) is 0. The average Bonchev–Trinajstić information content (AvgIpc) is 1.57. The molecule has 0 aromatic heterocycles. The molecule has 0 aliphatic heterocycles. The Labute approximate surface area is 91.7 Å². The van der Waals surface area contributed by atoms with Gasteiger partial charge in [0.1, 0.15) is 6.61 Å². The van der Waals surface area contributed by atoms with Gasteiger partial charge in [-0.1, -0.05) is 34.8 Å². The van der Waals surface area contributed by atoms with Gasteiger partial charge in [0.25, 0.3) is 0 Å². The first-order valence-electron chi connectivity index (χ1n) is 1.94. The molecule has 0 unspecified atom stereocenters. The van der Waals surface area contributed by atoms with E-state index in [0.29, 0.717) is 0 Å². The minimum Gasteiger partial charge on any atom is -0.254 e. The third-order valence-electron chi connectivity index (χ3n) is 0.387. The Morgan fingerprint density at radius 3 is 1.82 bits per heavy atom. The Balaban J connectivity index is 0. The molecule has 0 aliphatic rings. The van der Waals surface area contributed by atoms with Gasteiger partial charge in [0, 0.05) is 18.9 Å². The Hall–Kier alpha value is 1.34. The van der Waals surface area contributed by atoms with Gasteiger partial charge in [-0.2, -0.15) is 8.42 Å². The number of alkyl halides is 3. The maximum absolute atomic E-state index is 10.1. The van der Waals surface area contributed by atoms with Crippen LogP contribution in [0, 0.1) is 0 Å². The van der Waals surface area contributed by atoms with Gasteiger partial charge in [0.2, 0.25) is 3.79 Å². The van der Waals surface area contributed by atoms with Crippen molar-refractivity contribution in [3.8, 4) is 0 Å². The van der Waals surface area contributed by atoms with Crippen LogP contribution in [0.5, 0.6) is 0 Å². The number of nitrogens with two attached hydrogens (primary N) is 1. The molecule has 0 saturated heterocycles. The minimum absolute atomic E-state index is 0. The molecule has 2 N–H and O–H groups in total. The van der Waals surface area contributed by atoms with Gasteiger partial charge in [-0.3, -0.25) is 4.18 Å². The number of hydrogen-bond acceptors (Lipinski definition) is 3. The van der Waals surface area contributed by atoms with Gasteiger partial charge in [-0.15, -0.1) is 0 Å². The summed E-state index contributed by atoms with van der Waals surface area (Å²) >= 11 is 15.4. The first-order valence-corrected chi connectivity index (χ1v) is 4.55. The van der Waals surface area contributed by atoms with E-state index < -0.39 is 20.7 Å². The van der Waals surface area contributed by atoms with Crippen LogP contribution in [0.1, 0.15) is 0 Å². The van der Waals surface area contributed by atoms with Gasteiger partial charge < -0.3 is 0 Å². The largest absolute Gasteiger partial charge is 0.333 e. The molecule has 0 rings (SSSR count). The van der Waals surface area contributed by atoms with E-state index in [2.05, 4.69) is 9.32 Å². The van der Waals surface area contributed by atoms with E-state index in [1.54, 1.807) is 0 Å². The Morgan fingerprint density at radius 1 is 1.36 bits per heavy atom. The summed E-state index contributed by atoms with van der Waals surface area (Å²) in [7, 11) is -4.01. The summed E-state index contributed by atoms with van der Waals surface area (Å²) in [6, 6.07) is 0. The Bertz CT molecular complexity index is 199. The van der Waals surface area contributed by atoms with E-state index >= 15 is 0 Å². The standard InChI is InChI=1S/C2H4Cl3NO3S.Li/c3-2(4,5)1-9-10(6,7)8;/h1H2,(H2,6,7,8);. The molecule has 0 aromatic rings. The number of halogens is 3. The summed E-state index contributed by atoms with van der Waals surface area (Å²) in [5.74, 6) is 0. The van der Waals surface area contributed by atoms with E-state index in [1.165, 1.54) is 0 Å². The van der Waals surface area contributed by atoms with Crippen LogP contribution >= 0.6 is 34.8 Å². The Morgan fingerprint density at radius 2 is 1.73 bits per heavy atom. The maximum atomic E-state index is 10.1. The summed E-state index contributed by atoms with van der Waals surface area (Å²) in [6.07, 6.45) is 0. The zero-order chi connectivity index (χ0) is 8.41. The van der Waals surface area contributed by atoms with Crippen molar-refractivity contribution in [2.24, 2.45) is 5.14 Å². The van der Waals surface area contributed by atoms with Gasteiger partial charge in [-0.05, 0) is 0 Å². The fourth-order valence-corrected chi connectivity index (χ4v) is 0.848. The molecule has 0 fully saturated rings. The molecule has 63 valence electrons. The molecule has 0 aromatic carbocycles. The molecule has 0 spiro atoms. The van der Waals surface area contributed by atoms with E-state index in [4.69, 9.17) is 34.8 Å². The summed E-state index contributed by atoms with van der Waals surface area (Å²) in [6.45, 7) is -0.587. The smallest absolute Gasteiger partial charge is 0.254 e. The number of rotatable bonds is 2. The van der Waals surface area contributed by atoms with E-state index in [-0.39, 0.29) is 18.9 Å². The van der Waals surface area contributed by atoms with E-state index in [1.807, 2.05) is 0 Å². The predicted octanol–water partition coefficient (Wildman–Crippen LogP) is 0.196. The molecule has 0 aliphatic carbocycles. The quantitative estimate of drug-likeness (QED) is 0.549. The number of hydrogen-bond donors (Lipinski definition) is 1. The predicted molar refractivity (Wildman–Crippen MR) is 45.1 cm³/mol. The molecule has 0 amide bonds. The first-order chi connectivity index (χ1) is 4.21. The first kappa shape index (κ1) is 14.8. The van der Waals surface area contributed by atoms with Crippen LogP contribution in [0.2, 0.25) is 0 Å². The van der Waals surface area contributed by atoms with Gasteiger partial charge in [0.15, 0.2) is 0 Å². The SMILES string of the molecule is NS(=O)(=O)OCC(Cl)(Cl)Cl.[Li]. The molecule has 4 nitrogen and oxygen atoms in total. The zero-order valence-corrected chi connectivity index (χ0v) is 8.64. The summed E-state index contributed by atoms with van der Waals surface area (Å²) in [5, 5.41) is 4.42. The van der Waals surface area contributed by atoms with Crippen LogP contribution in [-0.4, -0.2) is 37.7 Å². The van der Waals surface area contributed by atoms with E-state index in [9.17, 15) is 8.42 Å². The van der Waals surface area contributed by atoms with Crippen molar-refractivity contribution in [2.75, 3.05) is 6.61 Å². The molecular weight excluding hydrogens is 231 g/mol. The molecule has 0 saturated carbocycles. The summed E-state index contributed by atoms with van der Waals surface area (Å²) < 4.78 is 22.3. The van der Waals surface area contributed by atoms with E-state index in [0.717, 1.165) is 0 Å². The topological polar surface area (TPSA) is 69.4 Å². The average molecular weight is 235 g/mol. The molecule has 0 atom stereocenters. The van der Waals surface area contributed by atoms with Crippen molar-refractivity contribution < 1.29 is 12.6 Å². The van der Waals surface area contributed by atoms with Gasteiger partial charge in [0.05, 0.1) is 0 Å². The van der Waals surface area contributed by atoms with Crippen LogP contribution in [-0.2, 0) is 14.5 Å². The van der Waals surface area contributed by atoms with Crippen LogP contribution in [0.15, 0.2) is 0 Å². The second kappa shape index (κ2) is 5.15. The molecule has 0 heterocycles. The van der Waals surface area contributed by atoms with Crippen LogP contribution in [0.4, 0.5) is 0 Å². The molecule has 0 bridgehead atoms. The minimum atomic E-state index is -4.01.